The van der Waals surface area contributed by atoms with Gasteiger partial charge in [-0.2, -0.15) is 0 Å². The predicted molar refractivity (Wildman–Crippen MR) is 74.2 cm³/mol. The fraction of sp³-hybridized carbons (Fsp3) is 0.500. The molecular formula is C14H21N3O2. The molecule has 1 aliphatic rings. The topological polar surface area (TPSA) is 71.1 Å². The monoisotopic (exact) mass is 263 g/mol. The van der Waals surface area contributed by atoms with Crippen LogP contribution < -0.4 is 5.73 Å². The van der Waals surface area contributed by atoms with Crippen LogP contribution in [0.4, 0.5) is 0 Å². The third kappa shape index (κ3) is 3.24. The van der Waals surface area contributed by atoms with Crippen LogP contribution in [0.3, 0.4) is 0 Å². The number of benzene rings is 1. The Bertz CT molecular complexity index is 445. The minimum absolute atomic E-state index is 0.137. The largest absolute Gasteiger partial charge is 0.409 e. The summed E-state index contributed by atoms with van der Waals surface area (Å²) in [6, 6.07) is 8.22. The molecule has 1 aromatic rings. The van der Waals surface area contributed by atoms with Crippen molar-refractivity contribution in [1.29, 1.82) is 0 Å². The summed E-state index contributed by atoms with van der Waals surface area (Å²) in [5, 5.41) is 11.6. The van der Waals surface area contributed by atoms with E-state index in [1.54, 1.807) is 0 Å². The van der Waals surface area contributed by atoms with Gasteiger partial charge in [0.1, 0.15) is 0 Å². The summed E-state index contributed by atoms with van der Waals surface area (Å²) in [5.41, 5.74) is 7.47. The second-order valence-electron chi connectivity index (χ2n) is 5.03. The second-order valence-corrected chi connectivity index (χ2v) is 5.03. The zero-order valence-electron chi connectivity index (χ0n) is 11.4. The van der Waals surface area contributed by atoms with Gasteiger partial charge < -0.3 is 15.7 Å². The van der Waals surface area contributed by atoms with E-state index in [0.717, 1.165) is 25.1 Å². The van der Waals surface area contributed by atoms with E-state index in [1.165, 1.54) is 5.56 Å². The number of nitrogens with zero attached hydrogens (tertiary/aromatic N) is 2. The molecule has 0 aliphatic carbocycles. The van der Waals surface area contributed by atoms with Crippen molar-refractivity contribution < 1.29 is 9.94 Å². The van der Waals surface area contributed by atoms with Gasteiger partial charge in [0.25, 0.3) is 0 Å². The fourth-order valence-corrected chi connectivity index (χ4v) is 2.54. The summed E-state index contributed by atoms with van der Waals surface area (Å²) < 4.78 is 5.59. The van der Waals surface area contributed by atoms with E-state index < -0.39 is 0 Å². The number of amidine groups is 1. The average Bonchev–Trinajstić information content (AvgIpc) is 2.85. The van der Waals surface area contributed by atoms with Gasteiger partial charge in [0.2, 0.25) is 0 Å². The molecule has 0 aromatic heterocycles. The van der Waals surface area contributed by atoms with Crippen molar-refractivity contribution >= 4 is 5.84 Å². The lowest BCUT2D eigenvalue weighted by molar-refractivity contribution is 0.0814. The SMILES string of the molecule is CC1OCCC1N(C)Cc1ccc(/C(N)=N/O)cc1. The van der Waals surface area contributed by atoms with Crippen molar-refractivity contribution in [1.82, 2.24) is 4.90 Å². The van der Waals surface area contributed by atoms with E-state index in [0.29, 0.717) is 12.1 Å². The highest BCUT2D eigenvalue weighted by Gasteiger charge is 2.27. The molecule has 5 heteroatoms. The normalized spacial score (nSPS) is 24.1. The molecule has 0 saturated carbocycles. The summed E-state index contributed by atoms with van der Waals surface area (Å²) in [6.07, 6.45) is 1.38. The summed E-state index contributed by atoms with van der Waals surface area (Å²) in [6.45, 7) is 3.84. The summed E-state index contributed by atoms with van der Waals surface area (Å²) in [4.78, 5) is 2.32. The first kappa shape index (κ1) is 13.8. The van der Waals surface area contributed by atoms with Crippen molar-refractivity contribution in [2.24, 2.45) is 10.9 Å². The Morgan fingerprint density at radius 1 is 1.47 bits per heavy atom. The molecule has 0 spiro atoms. The van der Waals surface area contributed by atoms with Gasteiger partial charge in [-0.25, -0.2) is 0 Å². The molecule has 1 aliphatic heterocycles. The van der Waals surface area contributed by atoms with Crippen LogP contribution >= 0.6 is 0 Å². The highest BCUT2D eigenvalue weighted by atomic mass is 16.5. The van der Waals surface area contributed by atoms with Gasteiger partial charge in [0.05, 0.1) is 6.10 Å². The third-order valence-electron chi connectivity index (χ3n) is 3.69. The first-order valence-electron chi connectivity index (χ1n) is 6.50. The Kier molecular flexibility index (Phi) is 4.39. The van der Waals surface area contributed by atoms with Crippen LogP contribution in [0.15, 0.2) is 29.4 Å². The molecular weight excluding hydrogens is 242 g/mol. The number of oxime groups is 1. The van der Waals surface area contributed by atoms with Crippen LogP contribution in [0.5, 0.6) is 0 Å². The molecule has 0 bridgehead atoms. The summed E-state index contributed by atoms with van der Waals surface area (Å²) in [7, 11) is 2.12. The molecule has 104 valence electrons. The molecule has 2 rings (SSSR count). The zero-order valence-corrected chi connectivity index (χ0v) is 11.4. The van der Waals surface area contributed by atoms with E-state index in [-0.39, 0.29) is 5.84 Å². The van der Waals surface area contributed by atoms with E-state index in [4.69, 9.17) is 15.7 Å². The highest BCUT2D eigenvalue weighted by molar-refractivity contribution is 5.96. The lowest BCUT2D eigenvalue weighted by Crippen LogP contribution is -2.36. The van der Waals surface area contributed by atoms with Gasteiger partial charge in [0, 0.05) is 24.8 Å². The van der Waals surface area contributed by atoms with Gasteiger partial charge in [-0.1, -0.05) is 29.4 Å². The standard InChI is InChI=1S/C14H21N3O2/c1-10-13(7-8-19-10)17(2)9-11-3-5-12(6-4-11)14(15)16-18/h3-6,10,13,18H,7-9H2,1-2H3,(H2,15,16). The first-order chi connectivity index (χ1) is 9.11. The Morgan fingerprint density at radius 3 is 2.68 bits per heavy atom. The molecule has 2 unspecified atom stereocenters. The van der Waals surface area contributed by atoms with Crippen molar-refractivity contribution in [2.45, 2.75) is 32.0 Å². The minimum atomic E-state index is 0.137. The Labute approximate surface area is 113 Å². The molecule has 2 atom stereocenters. The van der Waals surface area contributed by atoms with Crippen LogP contribution in [-0.2, 0) is 11.3 Å². The van der Waals surface area contributed by atoms with Crippen molar-refractivity contribution in [2.75, 3.05) is 13.7 Å². The lowest BCUT2D eigenvalue weighted by Gasteiger charge is -2.26. The molecule has 1 fully saturated rings. The molecule has 5 nitrogen and oxygen atoms in total. The molecule has 3 N–H and O–H groups in total. The maximum Gasteiger partial charge on any atom is 0.170 e. The van der Waals surface area contributed by atoms with Gasteiger partial charge in [-0.15, -0.1) is 0 Å². The van der Waals surface area contributed by atoms with Crippen molar-refractivity contribution in [3.8, 4) is 0 Å². The highest BCUT2D eigenvalue weighted by Crippen LogP contribution is 2.20. The van der Waals surface area contributed by atoms with Gasteiger partial charge in [-0.05, 0) is 26.0 Å². The molecule has 0 radical (unpaired) electrons. The number of hydrogen-bond acceptors (Lipinski definition) is 4. The third-order valence-corrected chi connectivity index (χ3v) is 3.69. The summed E-state index contributed by atoms with van der Waals surface area (Å²) in [5.74, 6) is 0.137. The molecule has 19 heavy (non-hydrogen) atoms. The van der Waals surface area contributed by atoms with Crippen LogP contribution in [0.1, 0.15) is 24.5 Å². The van der Waals surface area contributed by atoms with E-state index >= 15 is 0 Å². The van der Waals surface area contributed by atoms with Crippen LogP contribution in [0.2, 0.25) is 0 Å². The van der Waals surface area contributed by atoms with Gasteiger partial charge in [0.15, 0.2) is 5.84 Å². The number of likely N-dealkylation sites (N-methyl/N-ethyl adjacent to an activating group) is 1. The van der Waals surface area contributed by atoms with Gasteiger partial charge in [-0.3, -0.25) is 4.90 Å². The minimum Gasteiger partial charge on any atom is -0.409 e. The van der Waals surface area contributed by atoms with E-state index in [1.807, 2.05) is 24.3 Å². The molecule has 1 heterocycles. The maximum absolute atomic E-state index is 8.62. The van der Waals surface area contributed by atoms with Crippen molar-refractivity contribution in [3.63, 3.8) is 0 Å². The van der Waals surface area contributed by atoms with Gasteiger partial charge >= 0.3 is 0 Å². The Balaban J connectivity index is 1.99. The Hall–Kier alpha value is -1.59. The molecule has 1 aromatic carbocycles. The second kappa shape index (κ2) is 6.04. The average molecular weight is 263 g/mol. The smallest absolute Gasteiger partial charge is 0.170 e. The number of ether oxygens (including phenoxy) is 1. The molecule has 0 amide bonds. The quantitative estimate of drug-likeness (QED) is 0.373. The van der Waals surface area contributed by atoms with E-state index in [2.05, 4.69) is 24.0 Å². The maximum atomic E-state index is 8.62. The van der Waals surface area contributed by atoms with Crippen LogP contribution in [-0.4, -0.2) is 41.7 Å². The van der Waals surface area contributed by atoms with Crippen LogP contribution in [0, 0.1) is 0 Å². The molecule has 1 saturated heterocycles. The Morgan fingerprint density at radius 2 is 2.16 bits per heavy atom. The fourth-order valence-electron chi connectivity index (χ4n) is 2.54. The number of hydrogen-bond donors (Lipinski definition) is 2. The van der Waals surface area contributed by atoms with Crippen LogP contribution in [0.25, 0.3) is 0 Å². The number of rotatable bonds is 4. The van der Waals surface area contributed by atoms with E-state index in [9.17, 15) is 0 Å². The number of nitrogens with two attached hydrogens (primary N) is 1. The first-order valence-corrected chi connectivity index (χ1v) is 6.50. The predicted octanol–water partition coefficient (Wildman–Crippen LogP) is 1.39. The zero-order chi connectivity index (χ0) is 13.8. The lowest BCUT2D eigenvalue weighted by atomic mass is 10.1. The van der Waals surface area contributed by atoms with Crippen molar-refractivity contribution in [3.05, 3.63) is 35.4 Å². The summed E-state index contributed by atoms with van der Waals surface area (Å²) >= 11 is 0.